The van der Waals surface area contributed by atoms with Gasteiger partial charge in [-0.05, 0) is 69.4 Å². The maximum Gasteiger partial charge on any atom is 0.319 e. The number of rotatable bonds is 8. The molecule has 2 aromatic heterocycles. The van der Waals surface area contributed by atoms with Crippen molar-refractivity contribution >= 4 is 27.5 Å². The summed E-state index contributed by atoms with van der Waals surface area (Å²) in [5, 5.41) is 9.09. The number of benzene rings is 2. The molecule has 3 aliphatic heterocycles. The van der Waals surface area contributed by atoms with Crippen LogP contribution in [0.5, 0.6) is 6.01 Å². The predicted octanol–water partition coefficient (Wildman–Crippen LogP) is 6.71. The van der Waals surface area contributed by atoms with E-state index in [4.69, 9.17) is 21.1 Å². The Hall–Kier alpha value is -3.94. The second-order valence-corrected chi connectivity index (χ2v) is 13.7. The van der Waals surface area contributed by atoms with Crippen LogP contribution >= 0.6 is 0 Å². The number of anilines is 1. The molecule has 0 bridgehead atoms. The van der Waals surface area contributed by atoms with E-state index < -0.39 is 23.3 Å². The molecule has 2 saturated heterocycles. The average molecular weight is 641 g/mol. The minimum absolute atomic E-state index is 0.0429. The highest BCUT2D eigenvalue weighted by Crippen LogP contribution is 2.42. The zero-order chi connectivity index (χ0) is 32.3. The average Bonchev–Trinajstić information content (AvgIpc) is 3.72. The molecule has 10 heteroatoms. The third-order valence-corrected chi connectivity index (χ3v) is 10.7. The molecule has 4 atom stereocenters. The molecule has 244 valence electrons. The highest BCUT2D eigenvalue weighted by atomic mass is 19.1. The standard InChI is InChI=1S/C37H39F3N6O/c1-3-24-26(39)15-12-21-8-5-9-25(30(21)24)33-32(40)34-31-29(42-33)11-6-10-28(27(4-2)41-23-13-14-23)43-35(31)45-36(44-34)47-20-37-16-7-17-46(37)19-22(38)18-37/h1,5,8-9,12,15,22-23,27-28,41H,4,6-7,10-11,13-14,16-20H2,2H3,(H,43,44,45)/t22-,27+,28-,37+/m1/s1. The van der Waals surface area contributed by atoms with Gasteiger partial charge in [-0.2, -0.15) is 9.97 Å². The fourth-order valence-corrected chi connectivity index (χ4v) is 8.20. The number of nitrogens with zero attached hydrogens (tertiary/aromatic N) is 4. The number of ether oxygens (including phenoxy) is 1. The monoisotopic (exact) mass is 640 g/mol. The molecule has 0 radical (unpaired) electrons. The maximum atomic E-state index is 17.0. The summed E-state index contributed by atoms with van der Waals surface area (Å²) in [5.74, 6) is 1.76. The normalized spacial score (nSPS) is 24.8. The Morgan fingerprint density at radius 3 is 2.81 bits per heavy atom. The van der Waals surface area contributed by atoms with Crippen LogP contribution in [0.3, 0.4) is 0 Å². The van der Waals surface area contributed by atoms with E-state index in [0.29, 0.717) is 58.7 Å². The van der Waals surface area contributed by atoms with E-state index in [-0.39, 0.29) is 41.5 Å². The SMILES string of the molecule is C#Cc1c(F)ccc2cccc(-c3nc4c5c(nc(OC[C@@]67CCCN6C[C@H](F)C7)nc5c3F)N[C@@H]([C@H](CC)NC3CC3)CCC4)c12. The van der Waals surface area contributed by atoms with Crippen molar-refractivity contribution in [3.05, 3.63) is 53.2 Å². The summed E-state index contributed by atoms with van der Waals surface area (Å²) >= 11 is 0. The smallest absolute Gasteiger partial charge is 0.319 e. The topological polar surface area (TPSA) is 75.2 Å². The Kier molecular flexibility index (Phi) is 7.72. The van der Waals surface area contributed by atoms with Crippen molar-refractivity contribution in [1.29, 1.82) is 0 Å². The van der Waals surface area contributed by atoms with Gasteiger partial charge in [-0.15, -0.1) is 6.42 Å². The van der Waals surface area contributed by atoms with Crippen LogP contribution in [-0.2, 0) is 6.42 Å². The summed E-state index contributed by atoms with van der Waals surface area (Å²) in [5.41, 5.74) is 0.877. The fraction of sp³-hybridized carbons (Fsp3) is 0.486. The summed E-state index contributed by atoms with van der Waals surface area (Å²) in [6, 6.07) is 9.16. The molecule has 7 nitrogen and oxygen atoms in total. The van der Waals surface area contributed by atoms with Crippen molar-refractivity contribution in [2.75, 3.05) is 25.0 Å². The molecular weight excluding hydrogens is 601 g/mol. The lowest BCUT2D eigenvalue weighted by atomic mass is 9.93. The lowest BCUT2D eigenvalue weighted by molar-refractivity contribution is 0.107. The molecule has 0 amide bonds. The van der Waals surface area contributed by atoms with Gasteiger partial charge in [0.1, 0.15) is 35.6 Å². The van der Waals surface area contributed by atoms with Gasteiger partial charge in [-0.25, -0.2) is 18.2 Å². The van der Waals surface area contributed by atoms with E-state index in [1.807, 2.05) is 6.07 Å². The van der Waals surface area contributed by atoms with Crippen LogP contribution in [0.2, 0.25) is 0 Å². The maximum absolute atomic E-state index is 17.0. The highest BCUT2D eigenvalue weighted by molar-refractivity contribution is 6.02. The van der Waals surface area contributed by atoms with Gasteiger partial charge < -0.3 is 15.4 Å². The first-order valence-electron chi connectivity index (χ1n) is 17.0. The minimum atomic E-state index is -0.899. The van der Waals surface area contributed by atoms with Gasteiger partial charge in [0.25, 0.3) is 0 Å². The number of terminal acetylenes is 1. The summed E-state index contributed by atoms with van der Waals surface area (Å²) in [6.45, 7) is 3.64. The first-order chi connectivity index (χ1) is 22.9. The minimum Gasteiger partial charge on any atom is -0.461 e. The van der Waals surface area contributed by atoms with Crippen molar-refractivity contribution in [2.24, 2.45) is 0 Å². The van der Waals surface area contributed by atoms with Crippen molar-refractivity contribution in [1.82, 2.24) is 25.2 Å². The van der Waals surface area contributed by atoms with E-state index in [2.05, 4.69) is 33.4 Å². The molecule has 3 fully saturated rings. The number of hydrogen-bond donors (Lipinski definition) is 2. The molecule has 0 unspecified atom stereocenters. The molecule has 2 aromatic carbocycles. The fourth-order valence-electron chi connectivity index (χ4n) is 8.20. The van der Waals surface area contributed by atoms with E-state index in [1.165, 1.54) is 18.9 Å². The van der Waals surface area contributed by atoms with Crippen LogP contribution < -0.4 is 15.4 Å². The van der Waals surface area contributed by atoms with Gasteiger partial charge in [0.15, 0.2) is 5.82 Å². The Morgan fingerprint density at radius 2 is 2.00 bits per heavy atom. The molecule has 4 aliphatic rings. The molecule has 8 rings (SSSR count). The largest absolute Gasteiger partial charge is 0.461 e. The van der Waals surface area contributed by atoms with Gasteiger partial charge in [0.05, 0.1) is 22.2 Å². The van der Waals surface area contributed by atoms with E-state index in [9.17, 15) is 8.78 Å². The first-order valence-corrected chi connectivity index (χ1v) is 17.0. The summed E-state index contributed by atoms with van der Waals surface area (Å²) in [4.78, 5) is 16.6. The molecule has 5 heterocycles. The van der Waals surface area contributed by atoms with Crippen molar-refractivity contribution < 1.29 is 17.9 Å². The quantitative estimate of drug-likeness (QED) is 0.208. The second kappa shape index (κ2) is 11.9. The summed E-state index contributed by atoms with van der Waals surface area (Å²) in [6.07, 6.45) is 12.7. The number of alkyl halides is 1. The molecular formula is C37H39F3N6O. The summed E-state index contributed by atoms with van der Waals surface area (Å²) in [7, 11) is 0. The first kappa shape index (κ1) is 30.4. The van der Waals surface area contributed by atoms with Gasteiger partial charge in [0, 0.05) is 42.0 Å². The van der Waals surface area contributed by atoms with Crippen LogP contribution in [0.25, 0.3) is 32.9 Å². The van der Waals surface area contributed by atoms with Crippen LogP contribution in [0.4, 0.5) is 19.0 Å². The number of hydrogen-bond acceptors (Lipinski definition) is 7. The van der Waals surface area contributed by atoms with Crippen molar-refractivity contribution in [3.8, 4) is 29.6 Å². The zero-order valence-electron chi connectivity index (χ0n) is 26.6. The van der Waals surface area contributed by atoms with Crippen molar-refractivity contribution in [2.45, 2.75) is 94.5 Å². The number of pyridine rings is 1. The van der Waals surface area contributed by atoms with Gasteiger partial charge in [0.2, 0.25) is 0 Å². The lowest BCUT2D eigenvalue weighted by Gasteiger charge is -2.32. The second-order valence-electron chi connectivity index (χ2n) is 13.7. The molecule has 1 aliphatic carbocycles. The van der Waals surface area contributed by atoms with Crippen LogP contribution in [-0.4, -0.2) is 69.4 Å². The third-order valence-electron chi connectivity index (χ3n) is 10.7. The number of halogens is 3. The molecule has 47 heavy (non-hydrogen) atoms. The van der Waals surface area contributed by atoms with Crippen LogP contribution in [0, 0.1) is 24.0 Å². The van der Waals surface area contributed by atoms with E-state index in [1.54, 1.807) is 18.2 Å². The van der Waals surface area contributed by atoms with Crippen molar-refractivity contribution in [3.63, 3.8) is 0 Å². The number of aromatic nitrogens is 3. The molecule has 4 aromatic rings. The molecule has 2 N–H and O–H groups in total. The Balaban J connectivity index is 1.28. The Morgan fingerprint density at radius 1 is 1.13 bits per heavy atom. The molecule has 0 spiro atoms. The van der Waals surface area contributed by atoms with Gasteiger partial charge >= 0.3 is 6.01 Å². The lowest BCUT2D eigenvalue weighted by Crippen LogP contribution is -2.45. The van der Waals surface area contributed by atoms with E-state index in [0.717, 1.165) is 38.6 Å². The zero-order valence-corrected chi connectivity index (χ0v) is 26.6. The highest BCUT2D eigenvalue weighted by Gasteiger charge is 2.49. The van der Waals surface area contributed by atoms with E-state index >= 15 is 4.39 Å². The van der Waals surface area contributed by atoms with Gasteiger partial charge in [-0.1, -0.05) is 37.1 Å². The number of nitrogens with one attached hydrogen (secondary N) is 2. The Labute approximate surface area is 272 Å². The molecule has 1 saturated carbocycles. The number of aryl methyl sites for hydroxylation is 1. The van der Waals surface area contributed by atoms with Gasteiger partial charge in [-0.3, -0.25) is 4.90 Å². The third kappa shape index (κ3) is 5.38. The predicted molar refractivity (Wildman–Crippen MR) is 177 cm³/mol. The Bertz CT molecular complexity index is 1910. The number of fused-ring (bicyclic) bond motifs is 2. The van der Waals surface area contributed by atoms with Crippen LogP contribution in [0.15, 0.2) is 30.3 Å². The summed E-state index contributed by atoms with van der Waals surface area (Å²) < 4.78 is 52.8. The van der Waals surface area contributed by atoms with Crippen LogP contribution in [0.1, 0.15) is 69.5 Å².